The Kier molecular flexibility index (Phi) is 3.48. The van der Waals surface area contributed by atoms with Gasteiger partial charge in [-0.2, -0.15) is 0 Å². The molecule has 0 bridgehead atoms. The molecule has 0 spiro atoms. The summed E-state index contributed by atoms with van der Waals surface area (Å²) in [7, 11) is 0. The fraction of sp³-hybridized carbons (Fsp3) is 0. The number of hydrogen-bond acceptors (Lipinski definition) is 2. The number of rotatable bonds is 2. The number of hydrogen-bond donors (Lipinski definition) is 0. The molecular weight excluding hydrogens is 391 g/mol. The van der Waals surface area contributed by atoms with Gasteiger partial charge in [0.2, 0.25) is 5.78 Å². The van der Waals surface area contributed by atoms with E-state index in [1.54, 1.807) is 18.2 Å². The van der Waals surface area contributed by atoms with Crippen LogP contribution in [0.3, 0.4) is 0 Å². The summed E-state index contributed by atoms with van der Waals surface area (Å²) in [6.45, 7) is 0. The van der Waals surface area contributed by atoms with Gasteiger partial charge in [-0.05, 0) is 42.5 Å². The molecule has 0 saturated heterocycles. The van der Waals surface area contributed by atoms with Crippen molar-refractivity contribution in [1.29, 1.82) is 0 Å². The zero-order valence-electron chi connectivity index (χ0n) is 9.99. The molecule has 1 aromatic heterocycles. The summed E-state index contributed by atoms with van der Waals surface area (Å²) in [5.41, 5.74) is 0.981. The Morgan fingerprint density at radius 2 is 1.70 bits per heavy atom. The highest BCUT2D eigenvalue weighted by Gasteiger charge is 2.16. The van der Waals surface area contributed by atoms with Gasteiger partial charge < -0.3 is 4.42 Å². The van der Waals surface area contributed by atoms with Crippen LogP contribution in [-0.4, -0.2) is 5.78 Å². The Balaban J connectivity index is 2.07. The lowest BCUT2D eigenvalue weighted by atomic mass is 10.1. The predicted octanol–water partition coefficient (Wildman–Crippen LogP) is 5.33. The summed E-state index contributed by atoms with van der Waals surface area (Å²) in [5, 5.41) is 0.572. The fourth-order valence-corrected chi connectivity index (χ4v) is 3.25. The van der Waals surface area contributed by atoms with E-state index in [0.717, 1.165) is 8.95 Å². The predicted molar refractivity (Wildman–Crippen MR) is 81.4 cm³/mol. The third-order valence-corrected chi connectivity index (χ3v) is 3.74. The van der Waals surface area contributed by atoms with E-state index in [2.05, 4.69) is 31.9 Å². The number of ketones is 1. The molecular formula is C15H7Br2FO2. The minimum Gasteiger partial charge on any atom is -0.453 e. The van der Waals surface area contributed by atoms with Gasteiger partial charge in [0.1, 0.15) is 11.4 Å². The van der Waals surface area contributed by atoms with Crippen LogP contribution >= 0.6 is 31.9 Å². The Morgan fingerprint density at radius 1 is 1.00 bits per heavy atom. The monoisotopic (exact) mass is 396 g/mol. The molecule has 2 aromatic carbocycles. The zero-order valence-corrected chi connectivity index (χ0v) is 13.2. The van der Waals surface area contributed by atoms with Crippen molar-refractivity contribution in [2.24, 2.45) is 0 Å². The minimum atomic E-state index is -0.359. The molecule has 0 fully saturated rings. The Hall–Kier alpha value is -1.46. The Labute approximate surface area is 130 Å². The van der Waals surface area contributed by atoms with E-state index in [4.69, 9.17) is 4.42 Å². The van der Waals surface area contributed by atoms with Crippen LogP contribution in [0.1, 0.15) is 16.1 Å². The second kappa shape index (κ2) is 5.14. The highest BCUT2D eigenvalue weighted by Crippen LogP contribution is 2.25. The van der Waals surface area contributed by atoms with Crippen LogP contribution in [0.15, 0.2) is 55.8 Å². The minimum absolute atomic E-state index is 0.190. The smallest absolute Gasteiger partial charge is 0.228 e. The number of benzene rings is 2. The van der Waals surface area contributed by atoms with Crippen molar-refractivity contribution in [3.63, 3.8) is 0 Å². The van der Waals surface area contributed by atoms with Gasteiger partial charge in [-0.15, -0.1) is 0 Å². The first-order valence-electron chi connectivity index (χ1n) is 5.73. The van der Waals surface area contributed by atoms with Crippen molar-refractivity contribution in [1.82, 2.24) is 0 Å². The first-order valence-corrected chi connectivity index (χ1v) is 7.31. The molecule has 20 heavy (non-hydrogen) atoms. The largest absolute Gasteiger partial charge is 0.453 e. The summed E-state index contributed by atoms with van der Waals surface area (Å²) in [6, 6.07) is 11.0. The molecule has 0 aliphatic carbocycles. The van der Waals surface area contributed by atoms with Crippen LogP contribution in [0.5, 0.6) is 0 Å². The van der Waals surface area contributed by atoms with Gasteiger partial charge in [0, 0.05) is 19.9 Å². The number of carbonyl (C=O) groups is 1. The van der Waals surface area contributed by atoms with Crippen LogP contribution in [0.2, 0.25) is 0 Å². The number of halogens is 3. The third kappa shape index (κ3) is 2.55. The molecule has 3 rings (SSSR count). The van der Waals surface area contributed by atoms with Crippen LogP contribution in [0, 0.1) is 5.82 Å². The lowest BCUT2D eigenvalue weighted by Gasteiger charge is -2.00. The van der Waals surface area contributed by atoms with Gasteiger partial charge in [0.15, 0.2) is 5.76 Å². The van der Waals surface area contributed by atoms with Gasteiger partial charge in [-0.25, -0.2) is 4.39 Å². The van der Waals surface area contributed by atoms with Crippen LogP contribution in [0.25, 0.3) is 11.0 Å². The molecule has 0 amide bonds. The first kappa shape index (κ1) is 13.5. The van der Waals surface area contributed by atoms with Crippen molar-refractivity contribution in [3.8, 4) is 0 Å². The van der Waals surface area contributed by atoms with E-state index in [0.29, 0.717) is 16.5 Å². The van der Waals surface area contributed by atoms with Gasteiger partial charge in [0.25, 0.3) is 0 Å². The van der Waals surface area contributed by atoms with Gasteiger partial charge in [-0.3, -0.25) is 4.79 Å². The molecule has 2 nitrogen and oxygen atoms in total. The normalized spacial score (nSPS) is 10.9. The van der Waals surface area contributed by atoms with E-state index in [-0.39, 0.29) is 17.4 Å². The van der Waals surface area contributed by atoms with Gasteiger partial charge in [-0.1, -0.05) is 31.9 Å². The number of fused-ring (bicyclic) bond motifs is 1. The lowest BCUT2D eigenvalue weighted by Crippen LogP contribution is -1.99. The van der Waals surface area contributed by atoms with Crippen molar-refractivity contribution >= 4 is 48.6 Å². The van der Waals surface area contributed by atoms with Gasteiger partial charge in [0.05, 0.1) is 0 Å². The SMILES string of the molecule is O=C(c1cc(Br)cc(Br)c1)c1cc2cc(F)ccc2o1. The molecule has 0 atom stereocenters. The standard InChI is InChI=1S/C15H7Br2FO2/c16-10-3-9(4-11(17)7-10)15(19)14-6-8-5-12(18)1-2-13(8)20-14/h1-7H. The maximum atomic E-state index is 13.1. The van der Waals surface area contributed by atoms with Crippen LogP contribution < -0.4 is 0 Å². The molecule has 3 aromatic rings. The highest BCUT2D eigenvalue weighted by atomic mass is 79.9. The number of carbonyl (C=O) groups excluding carboxylic acids is 1. The van der Waals surface area contributed by atoms with E-state index < -0.39 is 0 Å². The molecule has 0 aliphatic rings. The quantitative estimate of drug-likeness (QED) is 0.547. The number of furan rings is 1. The molecule has 1 heterocycles. The van der Waals surface area contributed by atoms with Crippen molar-refractivity contribution in [3.05, 3.63) is 68.6 Å². The second-order valence-corrected chi connectivity index (χ2v) is 6.11. The maximum absolute atomic E-state index is 13.1. The van der Waals surface area contributed by atoms with E-state index in [9.17, 15) is 9.18 Å². The van der Waals surface area contributed by atoms with Crippen molar-refractivity contribution < 1.29 is 13.6 Å². The maximum Gasteiger partial charge on any atom is 0.228 e. The molecule has 0 N–H and O–H groups in total. The summed E-state index contributed by atoms with van der Waals surface area (Å²) in [5.74, 6) is -0.415. The summed E-state index contributed by atoms with van der Waals surface area (Å²) in [6.07, 6.45) is 0. The van der Waals surface area contributed by atoms with E-state index in [1.165, 1.54) is 18.2 Å². The average Bonchev–Trinajstić information content (AvgIpc) is 2.79. The summed E-state index contributed by atoms with van der Waals surface area (Å²) in [4.78, 5) is 12.4. The van der Waals surface area contributed by atoms with Crippen LogP contribution in [0.4, 0.5) is 4.39 Å². The molecule has 0 aliphatic heterocycles. The lowest BCUT2D eigenvalue weighted by molar-refractivity contribution is 0.101. The average molecular weight is 398 g/mol. The Bertz CT molecular complexity index is 804. The van der Waals surface area contributed by atoms with Crippen molar-refractivity contribution in [2.75, 3.05) is 0 Å². The second-order valence-electron chi connectivity index (χ2n) is 4.28. The fourth-order valence-electron chi connectivity index (χ4n) is 1.95. The highest BCUT2D eigenvalue weighted by molar-refractivity contribution is 9.11. The van der Waals surface area contributed by atoms with Gasteiger partial charge >= 0.3 is 0 Å². The molecule has 0 saturated carbocycles. The molecule has 5 heteroatoms. The molecule has 0 unspecified atom stereocenters. The summed E-state index contributed by atoms with van der Waals surface area (Å²) < 4.78 is 20.2. The molecule has 0 radical (unpaired) electrons. The van der Waals surface area contributed by atoms with Crippen molar-refractivity contribution in [2.45, 2.75) is 0 Å². The van der Waals surface area contributed by atoms with Crippen LogP contribution in [-0.2, 0) is 0 Å². The summed E-state index contributed by atoms with van der Waals surface area (Å²) >= 11 is 6.67. The Morgan fingerprint density at radius 3 is 2.40 bits per heavy atom. The van der Waals surface area contributed by atoms with E-state index >= 15 is 0 Å². The molecule has 100 valence electrons. The topological polar surface area (TPSA) is 30.2 Å². The van der Waals surface area contributed by atoms with E-state index in [1.807, 2.05) is 6.07 Å². The third-order valence-electron chi connectivity index (χ3n) is 2.83. The first-order chi connectivity index (χ1) is 9.52. The zero-order chi connectivity index (χ0) is 14.3.